The lowest BCUT2D eigenvalue weighted by Gasteiger charge is -1.99. The Labute approximate surface area is 138 Å². The van der Waals surface area contributed by atoms with Crippen molar-refractivity contribution < 1.29 is 18.9 Å². The fourth-order valence-corrected chi connectivity index (χ4v) is 2.53. The van der Waals surface area contributed by atoms with Crippen LogP contribution in [0.2, 0.25) is 0 Å². The summed E-state index contributed by atoms with van der Waals surface area (Å²) in [6.45, 7) is 0. The summed E-state index contributed by atoms with van der Waals surface area (Å²) in [7, 11) is 1.19. The number of non-ortho nitro benzene ring substituents is 1. The van der Waals surface area contributed by atoms with E-state index in [1.165, 1.54) is 13.2 Å². The maximum Gasteiger partial charge on any atom is 0.342 e. The number of aromatic nitrogens is 1. The molecular weight excluding hydrogens is 368 g/mol. The van der Waals surface area contributed by atoms with E-state index >= 15 is 0 Å². The first-order valence-electron chi connectivity index (χ1n) is 6.43. The number of nitrogens with zero attached hydrogens (tertiary/aromatic N) is 2. The smallest absolute Gasteiger partial charge is 0.342 e. The van der Waals surface area contributed by atoms with Gasteiger partial charge in [0.15, 0.2) is 5.58 Å². The molecule has 7 nitrogen and oxygen atoms in total. The van der Waals surface area contributed by atoms with Gasteiger partial charge in [-0.2, -0.15) is 0 Å². The molecule has 1 aromatic heterocycles. The predicted molar refractivity (Wildman–Crippen MR) is 85.1 cm³/mol. The standard InChI is InChI=1S/C15H9BrN2O5/c1-22-15(19)11-6-10(18(20)21)7-12-13(11)23-14(17-12)8-3-2-4-9(16)5-8/h2-7H,1H3. The van der Waals surface area contributed by atoms with Gasteiger partial charge < -0.3 is 9.15 Å². The van der Waals surface area contributed by atoms with Crippen molar-refractivity contribution in [1.29, 1.82) is 0 Å². The van der Waals surface area contributed by atoms with Gasteiger partial charge in [-0.05, 0) is 18.2 Å². The van der Waals surface area contributed by atoms with Crippen LogP contribution < -0.4 is 0 Å². The van der Waals surface area contributed by atoms with E-state index in [0.29, 0.717) is 5.56 Å². The highest BCUT2D eigenvalue weighted by Crippen LogP contribution is 2.31. The van der Waals surface area contributed by atoms with Gasteiger partial charge in [-0.1, -0.05) is 22.0 Å². The van der Waals surface area contributed by atoms with Crippen LogP contribution in [0, 0.1) is 10.1 Å². The van der Waals surface area contributed by atoms with Crippen LogP contribution in [-0.2, 0) is 4.74 Å². The second kappa shape index (κ2) is 5.81. The second-order valence-corrected chi connectivity index (χ2v) is 5.54. The zero-order valence-electron chi connectivity index (χ0n) is 11.8. The number of rotatable bonds is 3. The number of carbonyl (C=O) groups excluding carboxylic acids is 1. The summed E-state index contributed by atoms with van der Waals surface area (Å²) in [5.74, 6) is -0.470. The highest BCUT2D eigenvalue weighted by atomic mass is 79.9. The van der Waals surface area contributed by atoms with Gasteiger partial charge in [-0.15, -0.1) is 0 Å². The van der Waals surface area contributed by atoms with E-state index in [4.69, 9.17) is 4.42 Å². The normalized spacial score (nSPS) is 10.7. The average molecular weight is 377 g/mol. The SMILES string of the molecule is COC(=O)c1cc([N+](=O)[O-])cc2nc(-c3cccc(Br)c3)oc12. The molecule has 0 radical (unpaired) electrons. The predicted octanol–water partition coefficient (Wildman–Crippen LogP) is 3.95. The van der Waals surface area contributed by atoms with E-state index in [0.717, 1.165) is 10.5 Å². The van der Waals surface area contributed by atoms with Gasteiger partial charge in [0.05, 0.1) is 12.0 Å². The minimum absolute atomic E-state index is 0.0366. The molecule has 0 fully saturated rings. The van der Waals surface area contributed by atoms with Gasteiger partial charge in [0.1, 0.15) is 11.1 Å². The van der Waals surface area contributed by atoms with Crippen LogP contribution in [0.15, 0.2) is 45.3 Å². The first-order valence-corrected chi connectivity index (χ1v) is 7.22. The number of carbonyl (C=O) groups is 1. The Morgan fingerprint density at radius 1 is 1.35 bits per heavy atom. The molecule has 0 aliphatic rings. The number of hydrogen-bond donors (Lipinski definition) is 0. The number of esters is 1. The van der Waals surface area contributed by atoms with E-state index in [1.807, 2.05) is 6.07 Å². The quantitative estimate of drug-likeness (QED) is 0.390. The molecule has 0 aliphatic carbocycles. The van der Waals surface area contributed by atoms with Crippen LogP contribution in [-0.4, -0.2) is 23.0 Å². The zero-order chi connectivity index (χ0) is 16.6. The van der Waals surface area contributed by atoms with Crippen molar-refractivity contribution in [3.05, 3.63) is 56.5 Å². The molecule has 3 rings (SSSR count). The number of hydrogen-bond acceptors (Lipinski definition) is 6. The largest absolute Gasteiger partial charge is 0.465 e. The van der Waals surface area contributed by atoms with Gasteiger partial charge in [0, 0.05) is 22.2 Å². The van der Waals surface area contributed by atoms with E-state index in [-0.39, 0.29) is 28.2 Å². The molecule has 0 aliphatic heterocycles. The van der Waals surface area contributed by atoms with Crippen LogP contribution in [0.25, 0.3) is 22.6 Å². The van der Waals surface area contributed by atoms with E-state index in [2.05, 4.69) is 25.7 Å². The summed E-state index contributed by atoms with van der Waals surface area (Å²) in [4.78, 5) is 26.5. The highest BCUT2D eigenvalue weighted by Gasteiger charge is 2.22. The zero-order valence-corrected chi connectivity index (χ0v) is 13.4. The van der Waals surface area contributed by atoms with Gasteiger partial charge in [0.2, 0.25) is 5.89 Å². The first-order chi connectivity index (χ1) is 11.0. The number of ether oxygens (including phenoxy) is 1. The van der Waals surface area contributed by atoms with Gasteiger partial charge in [0.25, 0.3) is 5.69 Å². The first kappa shape index (κ1) is 15.2. The third-order valence-corrected chi connectivity index (χ3v) is 3.66. The number of benzene rings is 2. The summed E-state index contributed by atoms with van der Waals surface area (Å²) >= 11 is 3.35. The molecule has 116 valence electrons. The molecule has 0 bridgehead atoms. The van der Waals surface area contributed by atoms with Crippen molar-refractivity contribution in [1.82, 2.24) is 4.98 Å². The monoisotopic (exact) mass is 376 g/mol. The lowest BCUT2D eigenvalue weighted by Crippen LogP contribution is -2.02. The molecule has 3 aromatic rings. The summed E-state index contributed by atoms with van der Waals surface area (Å²) in [6.07, 6.45) is 0. The van der Waals surface area contributed by atoms with Crippen molar-refractivity contribution >= 4 is 38.7 Å². The minimum Gasteiger partial charge on any atom is -0.465 e. The third-order valence-electron chi connectivity index (χ3n) is 3.16. The number of nitro groups is 1. The Morgan fingerprint density at radius 2 is 2.13 bits per heavy atom. The maximum absolute atomic E-state index is 11.9. The molecule has 0 atom stereocenters. The fourth-order valence-electron chi connectivity index (χ4n) is 2.13. The molecule has 0 spiro atoms. The Balaban J connectivity index is 2.25. The number of nitro benzene ring substituents is 1. The summed E-state index contributed by atoms with van der Waals surface area (Å²) in [5.41, 5.74) is 0.749. The molecule has 0 N–H and O–H groups in total. The van der Waals surface area contributed by atoms with Crippen molar-refractivity contribution in [2.45, 2.75) is 0 Å². The molecule has 1 heterocycles. The van der Waals surface area contributed by atoms with Gasteiger partial charge >= 0.3 is 5.97 Å². The Hall–Kier alpha value is -2.74. The van der Waals surface area contributed by atoms with Crippen molar-refractivity contribution in [2.24, 2.45) is 0 Å². The maximum atomic E-state index is 11.9. The van der Waals surface area contributed by atoms with Crippen LogP contribution >= 0.6 is 15.9 Å². The lowest BCUT2D eigenvalue weighted by atomic mass is 10.1. The number of oxazole rings is 1. The third kappa shape index (κ3) is 2.80. The number of methoxy groups -OCH3 is 1. The molecule has 0 saturated heterocycles. The number of halogens is 1. The van der Waals surface area contributed by atoms with Crippen LogP contribution in [0.4, 0.5) is 5.69 Å². The van der Waals surface area contributed by atoms with Gasteiger partial charge in [-0.3, -0.25) is 10.1 Å². The van der Waals surface area contributed by atoms with E-state index < -0.39 is 10.9 Å². The molecule has 0 amide bonds. The van der Waals surface area contributed by atoms with Crippen molar-refractivity contribution in [3.8, 4) is 11.5 Å². The van der Waals surface area contributed by atoms with Crippen molar-refractivity contribution in [3.63, 3.8) is 0 Å². The van der Waals surface area contributed by atoms with E-state index in [9.17, 15) is 14.9 Å². The van der Waals surface area contributed by atoms with Crippen LogP contribution in [0.3, 0.4) is 0 Å². The topological polar surface area (TPSA) is 95.5 Å². The molecule has 0 unspecified atom stereocenters. The lowest BCUT2D eigenvalue weighted by molar-refractivity contribution is -0.384. The highest BCUT2D eigenvalue weighted by molar-refractivity contribution is 9.10. The number of fused-ring (bicyclic) bond motifs is 1. The Morgan fingerprint density at radius 3 is 2.78 bits per heavy atom. The molecule has 2 aromatic carbocycles. The van der Waals surface area contributed by atoms with Crippen molar-refractivity contribution in [2.75, 3.05) is 7.11 Å². The van der Waals surface area contributed by atoms with Crippen LogP contribution in [0.5, 0.6) is 0 Å². The summed E-state index contributed by atoms with van der Waals surface area (Å²) in [6, 6.07) is 9.59. The molecule has 8 heteroatoms. The fraction of sp³-hybridized carbons (Fsp3) is 0.0667. The van der Waals surface area contributed by atoms with E-state index in [1.54, 1.807) is 18.2 Å². The Bertz CT molecular complexity index is 935. The Kier molecular flexibility index (Phi) is 3.83. The molecule has 23 heavy (non-hydrogen) atoms. The average Bonchev–Trinajstić information content (AvgIpc) is 2.97. The summed E-state index contributed by atoms with van der Waals surface area (Å²) in [5, 5.41) is 11.0. The molecule has 0 saturated carbocycles. The van der Waals surface area contributed by atoms with Crippen LogP contribution in [0.1, 0.15) is 10.4 Å². The second-order valence-electron chi connectivity index (χ2n) is 4.62. The summed E-state index contributed by atoms with van der Waals surface area (Å²) < 4.78 is 11.1. The minimum atomic E-state index is -0.726. The van der Waals surface area contributed by atoms with Gasteiger partial charge in [-0.25, -0.2) is 9.78 Å². The molecular formula is C15H9BrN2O5.